The first-order chi connectivity index (χ1) is 22.8. The normalized spacial score (nSPS) is 26.0. The Morgan fingerprint density at radius 2 is 1.87 bits per heavy atom. The zero-order valence-corrected chi connectivity index (χ0v) is 25.7. The number of halogens is 3. The van der Waals surface area contributed by atoms with Crippen molar-refractivity contribution in [2.75, 3.05) is 44.3 Å². The summed E-state index contributed by atoms with van der Waals surface area (Å²) in [5.74, 6) is -0.0575. The summed E-state index contributed by atoms with van der Waals surface area (Å²) in [6.07, 6.45) is 11.1. The van der Waals surface area contributed by atoms with Gasteiger partial charge in [-0.05, 0) is 61.8 Å². The molecule has 0 radical (unpaired) electrons. The van der Waals surface area contributed by atoms with E-state index in [0.717, 1.165) is 51.8 Å². The van der Waals surface area contributed by atoms with Crippen LogP contribution >= 0.6 is 0 Å². The summed E-state index contributed by atoms with van der Waals surface area (Å²) in [5.41, 5.74) is -0.803. The minimum Gasteiger partial charge on any atom is -0.508 e. The SMILES string of the molecule is C#Cc1c(F)ccc2cc(O)cc(-c3c(F)cc4c(N5CC6CCC(C5)N6)nc(OCC5(CN6C[C@@H]7C[C@H]6CO7)CC5)nc4c3F)c12. The number of ether oxygens (including phenoxy) is 2. The van der Waals surface area contributed by atoms with Gasteiger partial charge in [0.15, 0.2) is 5.82 Å². The summed E-state index contributed by atoms with van der Waals surface area (Å²) in [6.45, 7) is 4.27. The van der Waals surface area contributed by atoms with Crippen LogP contribution in [0.4, 0.5) is 19.0 Å². The van der Waals surface area contributed by atoms with E-state index in [-0.39, 0.29) is 56.7 Å². The van der Waals surface area contributed by atoms with Gasteiger partial charge in [-0.25, -0.2) is 13.2 Å². The number of nitrogens with one attached hydrogen (secondary N) is 1. The molecule has 2 unspecified atom stereocenters. The number of hydrogen-bond donors (Lipinski definition) is 2. The van der Waals surface area contributed by atoms with Crippen LogP contribution in [0.2, 0.25) is 0 Å². The number of likely N-dealkylation sites (tertiary alicyclic amines) is 1. The number of rotatable bonds is 7. The van der Waals surface area contributed by atoms with Crippen LogP contribution in [0, 0.1) is 35.2 Å². The van der Waals surface area contributed by atoms with Crippen LogP contribution in [0.25, 0.3) is 32.8 Å². The Hall–Kier alpha value is -4.11. The molecule has 4 aliphatic heterocycles. The standard InChI is InChI=1S/C36H34F3N5O3/c1-2-25-28(37)6-3-19-9-23(45)11-26(30(19)25)31-29(38)12-27-33(32(31)39)41-35(42-34(27)43-13-20-4-5-21(14-43)40-20)47-18-36(7-8-36)17-44-15-24-10-22(44)16-46-24/h1,3,6,9,11-12,20-22,24,40,45H,4-5,7-8,10,13-18H2/t20?,21?,22-,24-/m0/s1. The fourth-order valence-corrected chi connectivity index (χ4v) is 8.29. The number of benzene rings is 3. The second-order valence-corrected chi connectivity index (χ2v) is 14.0. The molecule has 3 aromatic carbocycles. The molecule has 47 heavy (non-hydrogen) atoms. The van der Waals surface area contributed by atoms with E-state index >= 15 is 8.78 Å². The number of aromatic nitrogens is 2. The van der Waals surface area contributed by atoms with E-state index < -0.39 is 23.0 Å². The van der Waals surface area contributed by atoms with Gasteiger partial charge in [0.05, 0.1) is 30.4 Å². The topological polar surface area (TPSA) is 83.0 Å². The summed E-state index contributed by atoms with van der Waals surface area (Å²) >= 11 is 0. The number of aromatic hydroxyl groups is 1. The first-order valence-corrected chi connectivity index (χ1v) is 16.4. The minimum atomic E-state index is -0.958. The maximum absolute atomic E-state index is 16.9. The molecular formula is C36H34F3N5O3. The molecule has 9 rings (SSSR count). The van der Waals surface area contributed by atoms with E-state index in [2.05, 4.69) is 26.0 Å². The third kappa shape index (κ3) is 4.88. The van der Waals surface area contributed by atoms with E-state index in [0.29, 0.717) is 43.0 Å². The van der Waals surface area contributed by atoms with Crippen molar-refractivity contribution in [1.82, 2.24) is 20.2 Å². The highest BCUT2D eigenvalue weighted by Gasteiger charge is 2.49. The molecule has 4 aromatic rings. The molecule has 0 amide bonds. The monoisotopic (exact) mass is 641 g/mol. The van der Waals surface area contributed by atoms with Crippen LogP contribution in [0.3, 0.4) is 0 Å². The summed E-state index contributed by atoms with van der Waals surface area (Å²) in [6, 6.07) is 7.40. The van der Waals surface area contributed by atoms with Gasteiger partial charge in [-0.3, -0.25) is 4.90 Å². The molecular weight excluding hydrogens is 607 g/mol. The Balaban J connectivity index is 1.15. The number of fused-ring (bicyclic) bond motifs is 6. The maximum Gasteiger partial charge on any atom is 0.319 e. The highest BCUT2D eigenvalue weighted by Crippen LogP contribution is 2.48. The third-order valence-electron chi connectivity index (χ3n) is 10.8. The number of hydrogen-bond acceptors (Lipinski definition) is 8. The van der Waals surface area contributed by atoms with Crippen molar-refractivity contribution in [1.29, 1.82) is 0 Å². The fourth-order valence-electron chi connectivity index (χ4n) is 8.29. The van der Waals surface area contributed by atoms with Crippen molar-refractivity contribution in [2.45, 2.75) is 56.3 Å². The summed E-state index contributed by atoms with van der Waals surface area (Å²) in [4.78, 5) is 13.9. The summed E-state index contributed by atoms with van der Waals surface area (Å²) < 4.78 is 60.1. The zero-order chi connectivity index (χ0) is 32.0. The molecule has 4 saturated heterocycles. The zero-order valence-electron chi connectivity index (χ0n) is 25.7. The van der Waals surface area contributed by atoms with Gasteiger partial charge in [-0.1, -0.05) is 12.0 Å². The highest BCUT2D eigenvalue weighted by atomic mass is 19.1. The predicted molar refractivity (Wildman–Crippen MR) is 171 cm³/mol. The average Bonchev–Trinajstić information content (AvgIpc) is 3.32. The molecule has 2 N–H and O–H groups in total. The molecule has 8 nitrogen and oxygen atoms in total. The van der Waals surface area contributed by atoms with Gasteiger partial charge in [-0.15, -0.1) is 6.42 Å². The number of piperazine rings is 1. The van der Waals surface area contributed by atoms with Gasteiger partial charge >= 0.3 is 6.01 Å². The number of morpholine rings is 1. The number of phenols is 1. The lowest BCUT2D eigenvalue weighted by Crippen LogP contribution is -2.51. The number of phenolic OH excluding ortho intramolecular Hbond substituents is 1. The molecule has 11 heteroatoms. The van der Waals surface area contributed by atoms with Crippen LogP contribution in [0.15, 0.2) is 30.3 Å². The van der Waals surface area contributed by atoms with Crippen molar-refractivity contribution < 1.29 is 27.8 Å². The molecule has 242 valence electrons. The summed E-state index contributed by atoms with van der Waals surface area (Å²) in [7, 11) is 0. The fraction of sp³-hybridized carbons (Fsp3) is 0.444. The Kier molecular flexibility index (Phi) is 6.62. The lowest BCUT2D eigenvalue weighted by Gasteiger charge is -2.34. The Morgan fingerprint density at radius 1 is 1.06 bits per heavy atom. The molecule has 0 spiro atoms. The molecule has 1 saturated carbocycles. The lowest BCUT2D eigenvalue weighted by atomic mass is 9.92. The third-order valence-corrected chi connectivity index (χ3v) is 10.8. The Labute approximate surface area is 269 Å². The quantitative estimate of drug-likeness (QED) is 0.269. The van der Waals surface area contributed by atoms with Crippen LogP contribution in [0.1, 0.15) is 37.7 Å². The molecule has 1 aromatic heterocycles. The van der Waals surface area contributed by atoms with Crippen molar-refractivity contribution in [2.24, 2.45) is 5.41 Å². The van der Waals surface area contributed by atoms with E-state index in [4.69, 9.17) is 20.9 Å². The molecule has 5 heterocycles. The number of terminal acetylenes is 1. The van der Waals surface area contributed by atoms with Gasteiger partial charge in [0.2, 0.25) is 0 Å². The average molecular weight is 642 g/mol. The minimum absolute atomic E-state index is 0.0280. The van der Waals surface area contributed by atoms with E-state index in [1.807, 2.05) is 0 Å². The second-order valence-electron chi connectivity index (χ2n) is 14.0. The van der Waals surface area contributed by atoms with Crippen LogP contribution in [-0.2, 0) is 4.74 Å². The Bertz CT molecular complexity index is 1980. The van der Waals surface area contributed by atoms with E-state index in [1.165, 1.54) is 30.3 Å². The van der Waals surface area contributed by atoms with Gasteiger partial charge in [0.25, 0.3) is 0 Å². The van der Waals surface area contributed by atoms with Gasteiger partial charge < -0.3 is 24.8 Å². The molecule has 4 atom stereocenters. The van der Waals surface area contributed by atoms with Gasteiger partial charge in [0, 0.05) is 66.1 Å². The molecule has 1 aliphatic carbocycles. The number of anilines is 1. The van der Waals surface area contributed by atoms with Crippen LogP contribution in [-0.4, -0.2) is 83.6 Å². The Morgan fingerprint density at radius 3 is 2.57 bits per heavy atom. The van der Waals surface area contributed by atoms with Crippen LogP contribution in [0.5, 0.6) is 11.8 Å². The van der Waals surface area contributed by atoms with Gasteiger partial charge in [-0.2, -0.15) is 9.97 Å². The molecule has 4 bridgehead atoms. The largest absolute Gasteiger partial charge is 0.508 e. The number of nitrogens with zero attached hydrogens (tertiary/aromatic N) is 4. The van der Waals surface area contributed by atoms with E-state index in [1.54, 1.807) is 0 Å². The lowest BCUT2D eigenvalue weighted by molar-refractivity contribution is 0.0176. The maximum atomic E-state index is 16.9. The van der Waals surface area contributed by atoms with Crippen molar-refractivity contribution >= 4 is 27.5 Å². The summed E-state index contributed by atoms with van der Waals surface area (Å²) in [5, 5.41) is 14.8. The van der Waals surface area contributed by atoms with Crippen molar-refractivity contribution in [3.8, 4) is 35.2 Å². The van der Waals surface area contributed by atoms with Crippen molar-refractivity contribution in [3.63, 3.8) is 0 Å². The smallest absolute Gasteiger partial charge is 0.319 e. The first kappa shape index (κ1) is 29.1. The van der Waals surface area contributed by atoms with Gasteiger partial charge in [0.1, 0.15) is 28.7 Å². The molecule has 5 fully saturated rings. The van der Waals surface area contributed by atoms with Crippen molar-refractivity contribution in [3.05, 3.63) is 53.3 Å². The highest BCUT2D eigenvalue weighted by molar-refractivity contribution is 6.04. The van der Waals surface area contributed by atoms with E-state index in [9.17, 15) is 9.50 Å². The second kappa shape index (κ2) is 10.7. The van der Waals surface area contributed by atoms with Crippen LogP contribution < -0.4 is 15.0 Å². The molecule has 5 aliphatic rings. The predicted octanol–water partition coefficient (Wildman–Crippen LogP) is 5.13. The first-order valence-electron chi connectivity index (χ1n) is 16.4.